The SMILES string of the molecule is CCCOc1c(Cl)cc(C(=O)NC(C)c2nnc3ccccn23)cc1OC. The number of pyridine rings is 1. The van der Waals surface area contributed by atoms with E-state index in [0.717, 1.165) is 12.1 Å². The van der Waals surface area contributed by atoms with Crippen LogP contribution in [0.5, 0.6) is 11.5 Å². The van der Waals surface area contributed by atoms with Crippen LogP contribution in [0.1, 0.15) is 42.5 Å². The first-order chi connectivity index (χ1) is 13.0. The minimum Gasteiger partial charge on any atom is -0.493 e. The molecule has 2 aromatic heterocycles. The molecule has 1 N–H and O–H groups in total. The largest absolute Gasteiger partial charge is 0.493 e. The maximum absolute atomic E-state index is 12.7. The van der Waals surface area contributed by atoms with Crippen LogP contribution in [-0.2, 0) is 0 Å². The summed E-state index contributed by atoms with van der Waals surface area (Å²) in [7, 11) is 1.51. The Morgan fingerprint density at radius 1 is 1.33 bits per heavy atom. The van der Waals surface area contributed by atoms with E-state index < -0.39 is 0 Å². The van der Waals surface area contributed by atoms with Crippen LogP contribution in [0.15, 0.2) is 36.5 Å². The number of fused-ring (bicyclic) bond motifs is 1. The van der Waals surface area contributed by atoms with Crippen molar-refractivity contribution in [1.29, 1.82) is 0 Å². The molecule has 1 atom stereocenters. The molecule has 0 aliphatic carbocycles. The average Bonchev–Trinajstić information content (AvgIpc) is 3.10. The van der Waals surface area contributed by atoms with Crippen LogP contribution in [0.25, 0.3) is 5.65 Å². The third-order valence-corrected chi connectivity index (χ3v) is 4.30. The van der Waals surface area contributed by atoms with Gasteiger partial charge in [0.25, 0.3) is 5.91 Å². The van der Waals surface area contributed by atoms with E-state index >= 15 is 0 Å². The molecular weight excluding hydrogens is 368 g/mol. The number of carbonyl (C=O) groups is 1. The molecule has 0 fully saturated rings. The van der Waals surface area contributed by atoms with E-state index in [1.54, 1.807) is 12.1 Å². The van der Waals surface area contributed by atoms with E-state index in [4.69, 9.17) is 21.1 Å². The van der Waals surface area contributed by atoms with Gasteiger partial charge in [0.1, 0.15) is 0 Å². The molecule has 0 spiro atoms. The van der Waals surface area contributed by atoms with E-state index in [1.807, 2.05) is 42.6 Å². The number of carbonyl (C=O) groups excluding carboxylic acids is 1. The summed E-state index contributed by atoms with van der Waals surface area (Å²) in [5.74, 6) is 1.20. The van der Waals surface area contributed by atoms with Gasteiger partial charge in [-0.25, -0.2) is 0 Å². The highest BCUT2D eigenvalue weighted by Crippen LogP contribution is 2.36. The van der Waals surface area contributed by atoms with Crippen LogP contribution < -0.4 is 14.8 Å². The summed E-state index contributed by atoms with van der Waals surface area (Å²) in [4.78, 5) is 12.7. The van der Waals surface area contributed by atoms with Crippen LogP contribution in [0.4, 0.5) is 0 Å². The van der Waals surface area contributed by atoms with E-state index in [0.29, 0.717) is 34.5 Å². The van der Waals surface area contributed by atoms with Crippen molar-refractivity contribution >= 4 is 23.2 Å². The monoisotopic (exact) mass is 388 g/mol. The van der Waals surface area contributed by atoms with E-state index in [2.05, 4.69) is 15.5 Å². The highest BCUT2D eigenvalue weighted by molar-refractivity contribution is 6.32. The van der Waals surface area contributed by atoms with Gasteiger partial charge in [0.05, 0.1) is 24.8 Å². The fourth-order valence-electron chi connectivity index (χ4n) is 2.69. The number of nitrogens with zero attached hydrogens (tertiary/aromatic N) is 3. The zero-order valence-corrected chi connectivity index (χ0v) is 16.2. The van der Waals surface area contributed by atoms with Gasteiger partial charge in [-0.2, -0.15) is 0 Å². The molecule has 0 saturated carbocycles. The molecule has 7 nitrogen and oxygen atoms in total. The molecule has 0 saturated heterocycles. The van der Waals surface area contributed by atoms with E-state index in [1.165, 1.54) is 7.11 Å². The normalized spacial score (nSPS) is 12.0. The average molecular weight is 389 g/mol. The molecule has 1 unspecified atom stereocenters. The highest BCUT2D eigenvalue weighted by atomic mass is 35.5. The Hall–Kier alpha value is -2.80. The maximum atomic E-state index is 12.7. The second kappa shape index (κ2) is 8.26. The second-order valence-corrected chi connectivity index (χ2v) is 6.43. The van der Waals surface area contributed by atoms with E-state index in [9.17, 15) is 4.79 Å². The van der Waals surface area contributed by atoms with Gasteiger partial charge in [-0.1, -0.05) is 24.6 Å². The number of hydrogen-bond acceptors (Lipinski definition) is 5. The van der Waals surface area contributed by atoms with Gasteiger partial charge in [0.15, 0.2) is 23.0 Å². The summed E-state index contributed by atoms with van der Waals surface area (Å²) in [5.41, 5.74) is 1.09. The molecular formula is C19H21ClN4O3. The standard InChI is InChI=1S/C19H21ClN4O3/c1-4-9-27-17-14(20)10-13(11-15(17)26-3)19(25)21-12(2)18-23-22-16-7-5-6-8-24(16)18/h5-8,10-12H,4,9H2,1-3H3,(H,21,25). The number of hydrogen-bond donors (Lipinski definition) is 1. The molecule has 0 aliphatic rings. The van der Waals surface area contributed by atoms with Crippen molar-refractivity contribution in [2.24, 2.45) is 0 Å². The molecule has 142 valence electrons. The van der Waals surface area contributed by atoms with Crippen molar-refractivity contribution in [1.82, 2.24) is 19.9 Å². The summed E-state index contributed by atoms with van der Waals surface area (Å²) in [5, 5.41) is 11.5. The van der Waals surface area contributed by atoms with Crippen molar-refractivity contribution in [3.63, 3.8) is 0 Å². The van der Waals surface area contributed by atoms with Crippen molar-refractivity contribution in [3.8, 4) is 11.5 Å². The van der Waals surface area contributed by atoms with Crippen molar-refractivity contribution in [3.05, 3.63) is 52.9 Å². The minimum atomic E-state index is -0.351. The molecule has 3 aromatic rings. The van der Waals surface area contributed by atoms with Crippen molar-refractivity contribution in [2.45, 2.75) is 26.3 Å². The van der Waals surface area contributed by atoms with Crippen molar-refractivity contribution < 1.29 is 14.3 Å². The molecule has 3 rings (SSSR count). The molecule has 1 aromatic carbocycles. The lowest BCUT2D eigenvalue weighted by molar-refractivity contribution is 0.0937. The van der Waals surface area contributed by atoms with Crippen LogP contribution in [0, 0.1) is 0 Å². The summed E-state index contributed by atoms with van der Waals surface area (Å²) in [6.45, 7) is 4.36. The number of ether oxygens (including phenoxy) is 2. The molecule has 8 heteroatoms. The molecule has 1 amide bonds. The van der Waals surface area contributed by atoms with Gasteiger partial charge in [-0.15, -0.1) is 10.2 Å². The quantitative estimate of drug-likeness (QED) is 0.668. The highest BCUT2D eigenvalue weighted by Gasteiger charge is 2.20. The minimum absolute atomic E-state index is 0.294. The Labute approximate surface area is 162 Å². The van der Waals surface area contributed by atoms with Crippen LogP contribution in [0.3, 0.4) is 0 Å². The van der Waals surface area contributed by atoms with Gasteiger partial charge in [-0.05, 0) is 37.6 Å². The summed E-state index contributed by atoms with van der Waals surface area (Å²) >= 11 is 6.30. The van der Waals surface area contributed by atoms with Gasteiger partial charge < -0.3 is 14.8 Å². The Kier molecular flexibility index (Phi) is 5.81. The lowest BCUT2D eigenvalue weighted by Crippen LogP contribution is -2.28. The Balaban J connectivity index is 1.82. The first kappa shape index (κ1) is 19.0. The number of nitrogens with one attached hydrogen (secondary N) is 1. The number of methoxy groups -OCH3 is 1. The Bertz CT molecular complexity index is 957. The predicted molar refractivity (Wildman–Crippen MR) is 103 cm³/mol. The van der Waals surface area contributed by atoms with Crippen LogP contribution in [-0.4, -0.2) is 34.2 Å². The zero-order valence-electron chi connectivity index (χ0n) is 15.4. The maximum Gasteiger partial charge on any atom is 0.252 e. The number of benzene rings is 1. The number of amides is 1. The molecule has 0 radical (unpaired) electrons. The number of aromatic nitrogens is 3. The Morgan fingerprint density at radius 3 is 2.89 bits per heavy atom. The molecule has 27 heavy (non-hydrogen) atoms. The summed E-state index contributed by atoms with van der Waals surface area (Å²) in [6, 6.07) is 8.45. The summed E-state index contributed by atoms with van der Waals surface area (Å²) < 4.78 is 12.8. The number of rotatable bonds is 7. The molecule has 0 aliphatic heterocycles. The lowest BCUT2D eigenvalue weighted by Gasteiger charge is -2.15. The Morgan fingerprint density at radius 2 is 2.15 bits per heavy atom. The smallest absolute Gasteiger partial charge is 0.252 e. The van der Waals surface area contributed by atoms with E-state index in [-0.39, 0.29) is 11.9 Å². The topological polar surface area (TPSA) is 77.8 Å². The second-order valence-electron chi connectivity index (χ2n) is 6.02. The zero-order chi connectivity index (χ0) is 19.4. The van der Waals surface area contributed by atoms with Gasteiger partial charge in [-0.3, -0.25) is 9.20 Å². The molecule has 0 bridgehead atoms. The fraction of sp³-hybridized carbons (Fsp3) is 0.316. The first-order valence-corrected chi connectivity index (χ1v) is 9.03. The summed E-state index contributed by atoms with van der Waals surface area (Å²) in [6.07, 6.45) is 2.69. The lowest BCUT2D eigenvalue weighted by atomic mass is 10.1. The van der Waals surface area contributed by atoms with Crippen LogP contribution in [0.2, 0.25) is 5.02 Å². The van der Waals surface area contributed by atoms with Gasteiger partial charge in [0.2, 0.25) is 0 Å². The third-order valence-electron chi connectivity index (χ3n) is 4.02. The van der Waals surface area contributed by atoms with Gasteiger partial charge >= 0.3 is 0 Å². The fourth-order valence-corrected chi connectivity index (χ4v) is 2.96. The molecule has 2 heterocycles. The predicted octanol–water partition coefficient (Wildman–Crippen LogP) is 3.67. The first-order valence-electron chi connectivity index (χ1n) is 8.66. The van der Waals surface area contributed by atoms with Crippen molar-refractivity contribution in [2.75, 3.05) is 13.7 Å². The third kappa shape index (κ3) is 3.98. The van der Waals surface area contributed by atoms with Gasteiger partial charge in [0, 0.05) is 11.8 Å². The number of halogens is 1. The van der Waals surface area contributed by atoms with Crippen LogP contribution >= 0.6 is 11.6 Å².